The molecule has 0 amide bonds. The first-order valence-electron chi connectivity index (χ1n) is 9.58. The molecule has 30 heavy (non-hydrogen) atoms. The number of benzene rings is 1. The van der Waals surface area contributed by atoms with Crippen molar-refractivity contribution in [1.82, 2.24) is 19.9 Å². The molecule has 4 aromatic rings. The number of hydrogen-bond donors (Lipinski definition) is 0. The standard InChI is InChI=1S/C21H19ClN6OS/c1-29-17-6-7-23-21(26-17)28-10-8-27(9-11-28)19-18-16(12-30-20(18)25-13-24-19)14-2-4-15(22)5-3-14/h2-7,12-13H,8-11H2,1H3. The lowest BCUT2D eigenvalue weighted by Crippen LogP contribution is -2.47. The lowest BCUT2D eigenvalue weighted by molar-refractivity contribution is 0.396. The number of piperazine rings is 1. The van der Waals surface area contributed by atoms with Gasteiger partial charge < -0.3 is 14.5 Å². The Hall–Kier alpha value is -2.97. The lowest BCUT2D eigenvalue weighted by Gasteiger charge is -2.35. The third kappa shape index (κ3) is 3.53. The van der Waals surface area contributed by atoms with Crippen LogP contribution in [0.4, 0.5) is 11.8 Å². The van der Waals surface area contributed by atoms with Crippen molar-refractivity contribution in [2.24, 2.45) is 0 Å². The van der Waals surface area contributed by atoms with E-state index >= 15 is 0 Å². The summed E-state index contributed by atoms with van der Waals surface area (Å²) < 4.78 is 5.23. The van der Waals surface area contributed by atoms with Crippen molar-refractivity contribution in [3.05, 3.63) is 53.3 Å². The molecule has 0 atom stereocenters. The maximum atomic E-state index is 6.07. The van der Waals surface area contributed by atoms with Gasteiger partial charge in [0.2, 0.25) is 11.8 Å². The molecule has 1 aliphatic heterocycles. The lowest BCUT2D eigenvalue weighted by atomic mass is 10.1. The normalized spacial score (nSPS) is 14.3. The summed E-state index contributed by atoms with van der Waals surface area (Å²) in [6.07, 6.45) is 3.38. The van der Waals surface area contributed by atoms with E-state index in [0.29, 0.717) is 11.8 Å². The first-order chi connectivity index (χ1) is 14.7. The van der Waals surface area contributed by atoms with Crippen LogP contribution in [0.3, 0.4) is 0 Å². The minimum atomic E-state index is 0.575. The van der Waals surface area contributed by atoms with Gasteiger partial charge in [0.25, 0.3) is 0 Å². The molecular weight excluding hydrogens is 420 g/mol. The highest BCUT2D eigenvalue weighted by molar-refractivity contribution is 7.17. The molecule has 1 aliphatic rings. The average molecular weight is 439 g/mol. The third-order valence-corrected chi connectivity index (χ3v) is 6.33. The Labute approximate surface area is 183 Å². The Balaban J connectivity index is 1.43. The molecule has 0 unspecified atom stereocenters. The van der Waals surface area contributed by atoms with E-state index in [4.69, 9.17) is 16.3 Å². The molecule has 152 valence electrons. The van der Waals surface area contributed by atoms with E-state index in [0.717, 1.165) is 58.4 Å². The maximum Gasteiger partial charge on any atom is 0.228 e. The summed E-state index contributed by atoms with van der Waals surface area (Å²) in [6, 6.07) is 9.66. The van der Waals surface area contributed by atoms with Crippen molar-refractivity contribution in [2.45, 2.75) is 0 Å². The summed E-state index contributed by atoms with van der Waals surface area (Å²) in [5.41, 5.74) is 2.26. The predicted molar refractivity (Wildman–Crippen MR) is 121 cm³/mol. The molecule has 4 heterocycles. The van der Waals surface area contributed by atoms with Gasteiger partial charge in [0.05, 0.1) is 12.5 Å². The Bertz CT molecular complexity index is 1170. The minimum absolute atomic E-state index is 0.575. The number of anilines is 2. The van der Waals surface area contributed by atoms with Crippen molar-refractivity contribution in [1.29, 1.82) is 0 Å². The van der Waals surface area contributed by atoms with Gasteiger partial charge >= 0.3 is 0 Å². The van der Waals surface area contributed by atoms with Crippen molar-refractivity contribution in [3.8, 4) is 17.0 Å². The van der Waals surface area contributed by atoms with Crippen LogP contribution in [0, 0.1) is 0 Å². The molecule has 0 spiro atoms. The fraction of sp³-hybridized carbons (Fsp3) is 0.238. The smallest absolute Gasteiger partial charge is 0.228 e. The number of ether oxygens (including phenoxy) is 1. The Morgan fingerprint density at radius 3 is 2.50 bits per heavy atom. The Morgan fingerprint density at radius 2 is 1.73 bits per heavy atom. The molecule has 0 N–H and O–H groups in total. The molecule has 5 rings (SSSR count). The second kappa shape index (κ2) is 8.04. The number of halogens is 1. The number of thiophene rings is 1. The zero-order chi connectivity index (χ0) is 20.5. The highest BCUT2D eigenvalue weighted by Gasteiger charge is 2.23. The van der Waals surface area contributed by atoms with E-state index in [9.17, 15) is 0 Å². The van der Waals surface area contributed by atoms with Crippen LogP contribution in [0.1, 0.15) is 0 Å². The summed E-state index contributed by atoms with van der Waals surface area (Å²) in [6.45, 7) is 3.25. The van der Waals surface area contributed by atoms with E-state index in [-0.39, 0.29) is 0 Å². The van der Waals surface area contributed by atoms with Crippen molar-refractivity contribution in [3.63, 3.8) is 0 Å². The fourth-order valence-corrected chi connectivity index (χ4v) is 4.69. The fourth-order valence-electron chi connectivity index (χ4n) is 3.66. The van der Waals surface area contributed by atoms with Crippen LogP contribution in [-0.4, -0.2) is 53.2 Å². The zero-order valence-electron chi connectivity index (χ0n) is 16.3. The largest absolute Gasteiger partial charge is 0.481 e. The van der Waals surface area contributed by atoms with Gasteiger partial charge in [-0.15, -0.1) is 11.3 Å². The second-order valence-electron chi connectivity index (χ2n) is 6.91. The van der Waals surface area contributed by atoms with Gasteiger partial charge in [-0.25, -0.2) is 15.0 Å². The number of rotatable bonds is 4. The molecule has 1 aromatic carbocycles. The topological polar surface area (TPSA) is 67.3 Å². The third-order valence-electron chi connectivity index (χ3n) is 5.19. The Morgan fingerprint density at radius 1 is 0.967 bits per heavy atom. The first kappa shape index (κ1) is 19.0. The van der Waals surface area contributed by atoms with E-state index < -0.39 is 0 Å². The van der Waals surface area contributed by atoms with Crippen molar-refractivity contribution >= 4 is 44.9 Å². The highest BCUT2D eigenvalue weighted by Crippen LogP contribution is 2.38. The van der Waals surface area contributed by atoms with Gasteiger partial charge in [0.1, 0.15) is 17.0 Å². The van der Waals surface area contributed by atoms with Crippen LogP contribution < -0.4 is 14.5 Å². The monoisotopic (exact) mass is 438 g/mol. The zero-order valence-corrected chi connectivity index (χ0v) is 17.9. The second-order valence-corrected chi connectivity index (χ2v) is 8.20. The molecular formula is C21H19ClN6OS. The van der Waals surface area contributed by atoms with Crippen molar-refractivity contribution < 1.29 is 4.74 Å². The highest BCUT2D eigenvalue weighted by atomic mass is 35.5. The molecule has 1 fully saturated rings. The summed E-state index contributed by atoms with van der Waals surface area (Å²) in [4.78, 5) is 23.5. The van der Waals surface area contributed by atoms with Crippen LogP contribution in [-0.2, 0) is 0 Å². The van der Waals surface area contributed by atoms with Gasteiger partial charge in [0, 0.05) is 54.4 Å². The van der Waals surface area contributed by atoms with Crippen LogP contribution in [0.15, 0.2) is 48.2 Å². The van der Waals surface area contributed by atoms with Gasteiger partial charge in [-0.2, -0.15) is 4.98 Å². The average Bonchev–Trinajstić information content (AvgIpc) is 3.24. The van der Waals surface area contributed by atoms with E-state index in [2.05, 4.69) is 35.1 Å². The molecule has 0 bridgehead atoms. The molecule has 1 saturated heterocycles. The van der Waals surface area contributed by atoms with Gasteiger partial charge in [0.15, 0.2) is 0 Å². The molecule has 0 aliphatic carbocycles. The minimum Gasteiger partial charge on any atom is -0.481 e. The number of hydrogen-bond acceptors (Lipinski definition) is 8. The molecule has 9 heteroatoms. The van der Waals surface area contributed by atoms with Gasteiger partial charge in [-0.05, 0) is 17.7 Å². The number of fused-ring (bicyclic) bond motifs is 1. The van der Waals surface area contributed by atoms with Crippen molar-refractivity contribution in [2.75, 3.05) is 43.1 Å². The molecule has 0 radical (unpaired) electrons. The maximum absolute atomic E-state index is 6.07. The summed E-state index contributed by atoms with van der Waals surface area (Å²) in [7, 11) is 1.61. The molecule has 3 aromatic heterocycles. The quantitative estimate of drug-likeness (QED) is 0.474. The number of nitrogens with zero attached hydrogens (tertiary/aromatic N) is 6. The SMILES string of the molecule is COc1ccnc(N2CCN(c3ncnc4scc(-c5ccc(Cl)cc5)c34)CC2)n1. The summed E-state index contributed by atoms with van der Waals surface area (Å²) in [5, 5.41) is 3.97. The van der Waals surface area contributed by atoms with Gasteiger partial charge in [-0.3, -0.25) is 0 Å². The van der Waals surface area contributed by atoms with E-state index in [1.165, 1.54) is 0 Å². The van der Waals surface area contributed by atoms with Crippen LogP contribution >= 0.6 is 22.9 Å². The predicted octanol–water partition coefficient (Wildman–Crippen LogP) is 4.14. The first-order valence-corrected chi connectivity index (χ1v) is 10.8. The van der Waals surface area contributed by atoms with Crippen LogP contribution in [0.25, 0.3) is 21.3 Å². The molecule has 7 nitrogen and oxygen atoms in total. The number of aromatic nitrogens is 4. The van der Waals surface area contributed by atoms with E-state index in [1.54, 1.807) is 37.0 Å². The summed E-state index contributed by atoms with van der Waals surface area (Å²) in [5.74, 6) is 2.24. The van der Waals surface area contributed by atoms with Crippen LogP contribution in [0.5, 0.6) is 5.88 Å². The number of methoxy groups -OCH3 is 1. The van der Waals surface area contributed by atoms with Crippen LogP contribution in [0.2, 0.25) is 5.02 Å². The Kier molecular flexibility index (Phi) is 5.10. The molecule has 0 saturated carbocycles. The van der Waals surface area contributed by atoms with E-state index in [1.807, 2.05) is 24.3 Å². The van der Waals surface area contributed by atoms with Gasteiger partial charge in [-0.1, -0.05) is 23.7 Å². The summed E-state index contributed by atoms with van der Waals surface area (Å²) >= 11 is 7.71.